The van der Waals surface area contributed by atoms with Crippen LogP contribution in [0.1, 0.15) is 48.1 Å². The summed E-state index contributed by atoms with van der Waals surface area (Å²) < 4.78 is 0. The first kappa shape index (κ1) is 18.2. The summed E-state index contributed by atoms with van der Waals surface area (Å²) in [6.45, 7) is 3.39. The molecule has 0 bridgehead atoms. The minimum absolute atomic E-state index is 0.164. The van der Waals surface area contributed by atoms with E-state index in [-0.39, 0.29) is 5.91 Å². The third-order valence-electron chi connectivity index (χ3n) is 5.98. The monoisotopic (exact) mass is 390 g/mol. The molecule has 1 saturated heterocycles. The highest BCUT2D eigenvalue weighted by molar-refractivity contribution is 5.77. The zero-order chi connectivity index (χ0) is 19.6. The number of rotatable bonds is 4. The number of carbonyl (C=O) groups is 1. The van der Waals surface area contributed by atoms with Crippen molar-refractivity contribution in [2.75, 3.05) is 19.6 Å². The second kappa shape index (κ2) is 7.91. The van der Waals surface area contributed by atoms with Crippen molar-refractivity contribution in [3.8, 4) is 0 Å². The van der Waals surface area contributed by atoms with Gasteiger partial charge >= 0.3 is 0 Å². The van der Waals surface area contributed by atoms with Gasteiger partial charge in [-0.25, -0.2) is 15.0 Å². The fourth-order valence-electron chi connectivity index (χ4n) is 4.32. The van der Waals surface area contributed by atoms with Crippen LogP contribution in [-0.4, -0.2) is 50.4 Å². The van der Waals surface area contributed by atoms with Crippen molar-refractivity contribution in [2.45, 2.75) is 44.6 Å². The molecule has 0 aliphatic carbocycles. The highest BCUT2D eigenvalue weighted by atomic mass is 16.2. The summed E-state index contributed by atoms with van der Waals surface area (Å²) in [6, 6.07) is 7.95. The van der Waals surface area contributed by atoms with E-state index in [4.69, 9.17) is 4.98 Å². The van der Waals surface area contributed by atoms with E-state index in [0.29, 0.717) is 25.3 Å². The third-order valence-corrected chi connectivity index (χ3v) is 5.98. The molecule has 0 radical (unpaired) electrons. The van der Waals surface area contributed by atoms with Crippen LogP contribution in [0.5, 0.6) is 0 Å². The summed E-state index contributed by atoms with van der Waals surface area (Å²) in [7, 11) is 0. The topological polar surface area (TPSA) is 86.8 Å². The fraction of sp³-hybridized carbons (Fsp3) is 0.455. The molecule has 7 heteroatoms. The van der Waals surface area contributed by atoms with Crippen LogP contribution in [0.2, 0.25) is 0 Å². The number of nitrogens with one attached hydrogen (secondary N) is 2. The second-order valence-corrected chi connectivity index (χ2v) is 8.01. The van der Waals surface area contributed by atoms with Gasteiger partial charge < -0.3 is 15.2 Å². The predicted molar refractivity (Wildman–Crippen MR) is 110 cm³/mol. The average Bonchev–Trinajstić information content (AvgIpc) is 3.20. The van der Waals surface area contributed by atoms with E-state index in [1.165, 1.54) is 6.42 Å². The Morgan fingerprint density at radius 3 is 3.03 bits per heavy atom. The number of hydrogen-bond acceptors (Lipinski definition) is 5. The first-order valence-electron chi connectivity index (χ1n) is 10.5. The van der Waals surface area contributed by atoms with Gasteiger partial charge in [-0.15, -0.1) is 0 Å². The standard InChI is InChI=1S/C22H26N6O/c29-21(8-7-20-25-18-5-1-2-6-19(18)26-20)28-11-9-17-16(14-28)13-24-22(27-17)15-4-3-10-23-12-15/h1-2,5-6,13,15,23H,3-4,7-12,14H2,(H,25,26)/t15-/m0/s1. The Morgan fingerprint density at radius 2 is 2.17 bits per heavy atom. The Balaban J connectivity index is 1.21. The van der Waals surface area contributed by atoms with Gasteiger partial charge in [-0.2, -0.15) is 0 Å². The third kappa shape index (κ3) is 3.87. The van der Waals surface area contributed by atoms with Crippen LogP contribution in [-0.2, 0) is 24.2 Å². The molecule has 1 amide bonds. The normalized spacial score (nSPS) is 19.3. The molecule has 1 atom stereocenters. The Bertz CT molecular complexity index is 990. The van der Waals surface area contributed by atoms with E-state index in [1.807, 2.05) is 35.4 Å². The summed E-state index contributed by atoms with van der Waals surface area (Å²) >= 11 is 0. The molecule has 2 aromatic heterocycles. The summed E-state index contributed by atoms with van der Waals surface area (Å²) in [6.07, 6.45) is 6.16. The maximum absolute atomic E-state index is 12.7. The molecule has 2 aliphatic heterocycles. The van der Waals surface area contributed by atoms with Crippen molar-refractivity contribution >= 4 is 16.9 Å². The molecule has 1 fully saturated rings. The van der Waals surface area contributed by atoms with Crippen LogP contribution in [0, 0.1) is 0 Å². The van der Waals surface area contributed by atoms with Gasteiger partial charge in [0.1, 0.15) is 11.6 Å². The van der Waals surface area contributed by atoms with Crippen molar-refractivity contribution in [1.29, 1.82) is 0 Å². The number of nitrogens with zero attached hydrogens (tertiary/aromatic N) is 4. The number of aromatic nitrogens is 4. The number of carbonyl (C=O) groups excluding carboxylic acids is 1. The largest absolute Gasteiger partial charge is 0.342 e. The van der Waals surface area contributed by atoms with E-state index >= 15 is 0 Å². The number of aryl methyl sites for hydroxylation is 1. The maximum Gasteiger partial charge on any atom is 0.223 e. The van der Waals surface area contributed by atoms with Gasteiger partial charge in [0.15, 0.2) is 0 Å². The molecule has 2 aliphatic rings. The van der Waals surface area contributed by atoms with Gasteiger partial charge in [0.05, 0.1) is 16.7 Å². The Kier molecular flexibility index (Phi) is 4.97. The molecule has 4 heterocycles. The van der Waals surface area contributed by atoms with Gasteiger partial charge in [0, 0.05) is 56.6 Å². The number of aromatic amines is 1. The lowest BCUT2D eigenvalue weighted by molar-refractivity contribution is -0.132. The van der Waals surface area contributed by atoms with Crippen LogP contribution in [0.25, 0.3) is 11.0 Å². The first-order chi connectivity index (χ1) is 14.3. The van der Waals surface area contributed by atoms with E-state index in [1.54, 1.807) is 0 Å². The molecule has 0 saturated carbocycles. The maximum atomic E-state index is 12.7. The molecular weight excluding hydrogens is 364 g/mol. The zero-order valence-electron chi connectivity index (χ0n) is 16.5. The van der Waals surface area contributed by atoms with Crippen molar-refractivity contribution in [3.63, 3.8) is 0 Å². The van der Waals surface area contributed by atoms with Crippen molar-refractivity contribution in [3.05, 3.63) is 53.4 Å². The zero-order valence-corrected chi connectivity index (χ0v) is 16.5. The molecule has 29 heavy (non-hydrogen) atoms. The Labute approximate surface area is 170 Å². The number of benzene rings is 1. The molecule has 150 valence electrons. The molecule has 5 rings (SSSR count). The van der Waals surface area contributed by atoms with E-state index in [9.17, 15) is 4.79 Å². The average molecular weight is 390 g/mol. The number of H-pyrrole nitrogens is 1. The number of piperidine rings is 1. The number of hydrogen-bond donors (Lipinski definition) is 2. The number of para-hydroxylation sites is 2. The highest BCUT2D eigenvalue weighted by Gasteiger charge is 2.24. The van der Waals surface area contributed by atoms with Crippen LogP contribution in [0.4, 0.5) is 0 Å². The molecule has 0 unspecified atom stereocenters. The van der Waals surface area contributed by atoms with Crippen LogP contribution >= 0.6 is 0 Å². The summed E-state index contributed by atoms with van der Waals surface area (Å²) in [5.74, 6) is 2.40. The molecular formula is C22H26N6O. The Morgan fingerprint density at radius 1 is 1.24 bits per heavy atom. The molecule has 7 nitrogen and oxygen atoms in total. The molecule has 1 aromatic carbocycles. The molecule has 3 aromatic rings. The van der Waals surface area contributed by atoms with Crippen molar-refractivity contribution in [1.82, 2.24) is 30.2 Å². The van der Waals surface area contributed by atoms with E-state index < -0.39 is 0 Å². The first-order valence-corrected chi connectivity index (χ1v) is 10.5. The smallest absolute Gasteiger partial charge is 0.223 e. The lowest BCUT2D eigenvalue weighted by atomic mass is 9.98. The van der Waals surface area contributed by atoms with Crippen LogP contribution in [0.3, 0.4) is 0 Å². The van der Waals surface area contributed by atoms with Crippen LogP contribution < -0.4 is 5.32 Å². The summed E-state index contributed by atoms with van der Waals surface area (Å²) in [5.41, 5.74) is 4.16. The minimum atomic E-state index is 0.164. The van der Waals surface area contributed by atoms with Crippen molar-refractivity contribution < 1.29 is 4.79 Å². The second-order valence-electron chi connectivity index (χ2n) is 8.01. The molecule has 2 N–H and O–H groups in total. The Hall–Kier alpha value is -2.80. The van der Waals surface area contributed by atoms with E-state index in [2.05, 4.69) is 20.3 Å². The lowest BCUT2D eigenvalue weighted by Gasteiger charge is -2.29. The quantitative estimate of drug-likeness (QED) is 0.714. The van der Waals surface area contributed by atoms with Gasteiger partial charge in [-0.05, 0) is 31.5 Å². The SMILES string of the molecule is O=C(CCc1nc2ccccc2[nH]1)N1CCc2nc([C@H]3CCCNC3)ncc2C1. The van der Waals surface area contributed by atoms with Gasteiger partial charge in [0.2, 0.25) is 5.91 Å². The predicted octanol–water partition coefficient (Wildman–Crippen LogP) is 2.34. The number of amides is 1. The summed E-state index contributed by atoms with van der Waals surface area (Å²) in [4.78, 5) is 32.0. The summed E-state index contributed by atoms with van der Waals surface area (Å²) in [5, 5.41) is 3.43. The highest BCUT2D eigenvalue weighted by Crippen LogP contribution is 2.23. The van der Waals surface area contributed by atoms with Crippen LogP contribution in [0.15, 0.2) is 30.5 Å². The van der Waals surface area contributed by atoms with Gasteiger partial charge in [-0.3, -0.25) is 4.79 Å². The molecule has 0 spiro atoms. The minimum Gasteiger partial charge on any atom is -0.342 e. The lowest BCUT2D eigenvalue weighted by Crippen LogP contribution is -2.37. The van der Waals surface area contributed by atoms with Gasteiger partial charge in [0.25, 0.3) is 0 Å². The van der Waals surface area contributed by atoms with Gasteiger partial charge in [-0.1, -0.05) is 12.1 Å². The van der Waals surface area contributed by atoms with E-state index in [0.717, 1.165) is 66.4 Å². The number of fused-ring (bicyclic) bond motifs is 2. The number of imidazole rings is 1. The fourth-order valence-corrected chi connectivity index (χ4v) is 4.32. The van der Waals surface area contributed by atoms with Crippen molar-refractivity contribution in [2.24, 2.45) is 0 Å².